The van der Waals surface area contributed by atoms with Crippen molar-refractivity contribution in [1.82, 2.24) is 9.80 Å². The molecule has 5 aliphatic rings. The zero-order valence-corrected chi connectivity index (χ0v) is 28.2. The maximum Gasteiger partial charge on any atom is 0.335 e. The number of amides is 1. The minimum Gasteiger partial charge on any atom is -0.493 e. The lowest BCUT2D eigenvalue weighted by molar-refractivity contribution is -0.200. The topological polar surface area (TPSA) is 177 Å². The van der Waals surface area contributed by atoms with Gasteiger partial charge in [-0.2, -0.15) is 0 Å². The molecule has 5 N–H and O–H groups in total. The first kappa shape index (κ1) is 34.7. The van der Waals surface area contributed by atoms with Gasteiger partial charge in [-0.15, -0.1) is 0 Å². The highest BCUT2D eigenvalue weighted by atomic mass is 35.5. The molecule has 1 amide bonds. The van der Waals surface area contributed by atoms with Crippen LogP contribution in [0.1, 0.15) is 48.8 Å². The third kappa shape index (κ3) is 5.70. The Morgan fingerprint density at radius 2 is 1.73 bits per heavy atom. The number of rotatable bonds is 9. The molecule has 3 fully saturated rings. The van der Waals surface area contributed by atoms with Gasteiger partial charge in [-0.3, -0.25) is 9.69 Å². The summed E-state index contributed by atoms with van der Waals surface area (Å²) < 4.78 is 12.6. The summed E-state index contributed by atoms with van der Waals surface area (Å²) in [6, 6.07) is 9.40. The van der Waals surface area contributed by atoms with Crippen LogP contribution >= 0.6 is 23.2 Å². The molecular weight excluding hydrogens is 667 g/mol. The second-order valence-corrected chi connectivity index (χ2v) is 14.4. The predicted molar refractivity (Wildman–Crippen MR) is 174 cm³/mol. The van der Waals surface area contributed by atoms with Crippen molar-refractivity contribution in [2.45, 2.75) is 86.4 Å². The number of hydrogen-bond donors (Lipinski definition) is 5. The van der Waals surface area contributed by atoms with Gasteiger partial charge < -0.3 is 39.9 Å². The molecule has 3 aliphatic carbocycles. The molecule has 2 aromatic rings. The van der Waals surface area contributed by atoms with Crippen LogP contribution in [0.3, 0.4) is 0 Å². The third-order valence-electron chi connectivity index (χ3n) is 11.0. The number of benzene rings is 2. The summed E-state index contributed by atoms with van der Waals surface area (Å²) in [7, 11) is 3.54. The number of nitrogens with zero attached hydrogens (tertiary/aromatic N) is 2. The second kappa shape index (κ2) is 13.0. The number of aliphatic hydroxyl groups is 3. The van der Waals surface area contributed by atoms with Gasteiger partial charge >= 0.3 is 11.9 Å². The molecule has 2 aliphatic heterocycles. The standard InChI is InChI=1S/C30H34Cl2N2O4.C4H6O6/c1-33(25(35)14-18-5-7-20(31)21(32)13-18)22-9-10-30(36)24-15-19-6-8-23(37-2)27-26(19)29(30,28(22)38-27)11-12-34(24)16-17-3-4-17;5-1(3(7)8)2(6)4(9)10/h5-8,13,17,22,24,28,36H,3-4,9-12,14-16H2,1-2H3;1-2,5-6H,(H,7,8)(H,9,10)/t22-,24+,28-,29-,30+;/m0./s1. The van der Waals surface area contributed by atoms with E-state index in [0.29, 0.717) is 28.6 Å². The first-order valence-electron chi connectivity index (χ1n) is 16.1. The van der Waals surface area contributed by atoms with Gasteiger partial charge in [0.25, 0.3) is 0 Å². The highest BCUT2D eigenvalue weighted by Crippen LogP contribution is 2.66. The van der Waals surface area contributed by atoms with Gasteiger partial charge in [0, 0.05) is 25.2 Å². The Labute approximate surface area is 287 Å². The summed E-state index contributed by atoms with van der Waals surface area (Å²) in [5.74, 6) is -1.31. The molecule has 2 aromatic carbocycles. The minimum atomic E-state index is -2.27. The molecule has 260 valence electrons. The van der Waals surface area contributed by atoms with Crippen LogP contribution in [0.15, 0.2) is 30.3 Å². The quantitative estimate of drug-likeness (QED) is 0.259. The first-order valence-corrected chi connectivity index (χ1v) is 16.8. The van der Waals surface area contributed by atoms with Gasteiger partial charge in [0.05, 0.1) is 40.6 Å². The fraction of sp³-hybridized carbons (Fsp3) is 0.559. The van der Waals surface area contributed by atoms with Crippen molar-refractivity contribution in [3.63, 3.8) is 0 Å². The van der Waals surface area contributed by atoms with Crippen molar-refractivity contribution >= 4 is 41.0 Å². The molecule has 2 saturated carbocycles. The maximum absolute atomic E-state index is 13.6. The number of halogens is 2. The van der Waals surface area contributed by atoms with Crippen LogP contribution in [-0.4, -0.2) is 116 Å². The number of aliphatic hydroxyl groups excluding tert-OH is 2. The summed E-state index contributed by atoms with van der Waals surface area (Å²) in [5, 5.41) is 46.2. The molecule has 7 atom stereocenters. The molecule has 7 rings (SSSR count). The Bertz CT molecular complexity index is 1600. The van der Waals surface area contributed by atoms with E-state index in [2.05, 4.69) is 11.0 Å². The van der Waals surface area contributed by atoms with Crippen molar-refractivity contribution in [1.29, 1.82) is 0 Å². The van der Waals surface area contributed by atoms with Crippen LogP contribution in [0.4, 0.5) is 0 Å². The van der Waals surface area contributed by atoms with E-state index < -0.39 is 35.2 Å². The molecule has 48 heavy (non-hydrogen) atoms. The smallest absolute Gasteiger partial charge is 0.335 e. The molecule has 14 heteroatoms. The lowest BCUT2D eigenvalue weighted by Gasteiger charge is -2.64. The average Bonchev–Trinajstić information content (AvgIpc) is 3.80. The van der Waals surface area contributed by atoms with Crippen molar-refractivity contribution in [3.05, 3.63) is 57.1 Å². The first-order chi connectivity index (χ1) is 22.7. The van der Waals surface area contributed by atoms with E-state index in [1.54, 1.807) is 19.2 Å². The van der Waals surface area contributed by atoms with E-state index in [0.717, 1.165) is 48.7 Å². The molecule has 0 radical (unpaired) electrons. The SMILES string of the molecule is COc1ccc2c3c1O[C@H]1[C@@H](N(C)C(=O)Cc4ccc(Cl)c(Cl)c4)CC[C@@]4(O)[C@@H](C2)N(CC2CC2)CC[C@]314.O=C(O)C(O)C(O)C(=O)O. The Morgan fingerprint density at radius 3 is 2.33 bits per heavy atom. The van der Waals surface area contributed by atoms with E-state index in [4.69, 9.17) is 53.1 Å². The van der Waals surface area contributed by atoms with Gasteiger partial charge in [-0.1, -0.05) is 35.3 Å². The molecule has 1 saturated heterocycles. The number of aliphatic carboxylic acids is 2. The molecule has 0 aromatic heterocycles. The Kier molecular flexibility index (Phi) is 9.38. The van der Waals surface area contributed by atoms with E-state index in [-0.39, 0.29) is 30.5 Å². The van der Waals surface area contributed by atoms with E-state index in [1.807, 2.05) is 24.1 Å². The molecule has 12 nitrogen and oxygen atoms in total. The average molecular weight is 708 g/mol. The van der Waals surface area contributed by atoms with Crippen molar-refractivity contribution in [2.24, 2.45) is 5.92 Å². The van der Waals surface area contributed by atoms with Gasteiger partial charge in [0.15, 0.2) is 23.7 Å². The second-order valence-electron chi connectivity index (χ2n) is 13.6. The van der Waals surface area contributed by atoms with Gasteiger partial charge in [-0.05, 0) is 80.3 Å². The highest BCUT2D eigenvalue weighted by molar-refractivity contribution is 6.42. The zero-order chi connectivity index (χ0) is 34.7. The fourth-order valence-corrected chi connectivity index (χ4v) is 8.73. The monoisotopic (exact) mass is 706 g/mol. The van der Waals surface area contributed by atoms with Crippen molar-refractivity contribution in [3.8, 4) is 11.5 Å². The van der Waals surface area contributed by atoms with E-state index in [1.165, 1.54) is 18.4 Å². The summed E-state index contributed by atoms with van der Waals surface area (Å²) >= 11 is 12.3. The number of carbonyl (C=O) groups excluding carboxylic acids is 1. The van der Waals surface area contributed by atoms with Crippen molar-refractivity contribution in [2.75, 3.05) is 27.2 Å². The number of hydrogen-bond acceptors (Lipinski definition) is 9. The van der Waals surface area contributed by atoms with Crippen LogP contribution in [0.5, 0.6) is 11.5 Å². The molecule has 2 bridgehead atoms. The van der Waals surface area contributed by atoms with Crippen LogP contribution in [-0.2, 0) is 32.6 Å². The lowest BCUT2D eigenvalue weighted by Crippen LogP contribution is -2.78. The Morgan fingerprint density at radius 1 is 1.04 bits per heavy atom. The normalized spacial score (nSPS) is 29.4. The number of carbonyl (C=O) groups is 3. The lowest BCUT2D eigenvalue weighted by atomic mass is 9.48. The number of likely N-dealkylation sites (tertiary alicyclic amines) is 1. The van der Waals surface area contributed by atoms with Gasteiger partial charge in [-0.25, -0.2) is 9.59 Å². The van der Waals surface area contributed by atoms with Gasteiger partial charge in [0.1, 0.15) is 6.10 Å². The predicted octanol–water partition coefficient (Wildman–Crippen LogP) is 2.51. The van der Waals surface area contributed by atoms with Crippen LogP contribution in [0, 0.1) is 5.92 Å². The summed E-state index contributed by atoms with van der Waals surface area (Å²) in [6.45, 7) is 2.01. The fourth-order valence-electron chi connectivity index (χ4n) is 8.41. The number of likely N-dealkylation sites (N-methyl/N-ethyl adjacent to an activating group) is 1. The van der Waals surface area contributed by atoms with Crippen molar-refractivity contribution < 1.29 is 49.4 Å². The van der Waals surface area contributed by atoms with E-state index >= 15 is 0 Å². The Hall–Kier alpha value is -3.13. The van der Waals surface area contributed by atoms with Gasteiger partial charge in [0.2, 0.25) is 5.91 Å². The number of carboxylic acid groups (broad SMARTS) is 2. The van der Waals surface area contributed by atoms with Crippen LogP contribution in [0.2, 0.25) is 10.0 Å². The highest BCUT2D eigenvalue weighted by Gasteiger charge is 2.73. The largest absolute Gasteiger partial charge is 0.493 e. The summed E-state index contributed by atoms with van der Waals surface area (Å²) in [4.78, 5) is 37.5. The molecule has 2 heterocycles. The maximum atomic E-state index is 13.6. The molecule has 2 unspecified atom stereocenters. The van der Waals surface area contributed by atoms with Crippen LogP contribution in [0.25, 0.3) is 0 Å². The number of methoxy groups -OCH3 is 1. The zero-order valence-electron chi connectivity index (χ0n) is 26.6. The van der Waals surface area contributed by atoms with Crippen LogP contribution < -0.4 is 9.47 Å². The number of ether oxygens (including phenoxy) is 2. The summed E-state index contributed by atoms with van der Waals surface area (Å²) in [6.07, 6.45) is 0.923. The number of piperidine rings is 1. The minimum absolute atomic E-state index is 0.000465. The summed E-state index contributed by atoms with van der Waals surface area (Å²) in [5.41, 5.74) is 1.74. The number of carboxylic acids is 2. The molecular formula is C34H40Cl2N2O10. The third-order valence-corrected chi connectivity index (χ3v) is 11.7. The molecule has 1 spiro atoms. The Balaban J connectivity index is 0.000000351. The van der Waals surface area contributed by atoms with E-state index in [9.17, 15) is 19.5 Å².